The topological polar surface area (TPSA) is 56.2 Å². The molecule has 1 atom stereocenters. The van der Waals surface area contributed by atoms with Crippen molar-refractivity contribution in [3.8, 4) is 0 Å². The second-order valence-corrected chi connectivity index (χ2v) is 6.28. The second-order valence-electron chi connectivity index (χ2n) is 6.28. The third-order valence-corrected chi connectivity index (χ3v) is 4.82. The number of carbonyl (C=O) groups excluding carboxylic acids is 1. The first-order valence-electron chi connectivity index (χ1n) is 8.18. The van der Waals surface area contributed by atoms with Crippen molar-refractivity contribution < 1.29 is 9.53 Å². The van der Waals surface area contributed by atoms with Gasteiger partial charge in [-0.25, -0.2) is 4.98 Å². The molecule has 1 aliphatic heterocycles. The van der Waals surface area contributed by atoms with E-state index in [1.807, 2.05) is 18.2 Å². The van der Waals surface area contributed by atoms with Gasteiger partial charge in [-0.05, 0) is 31.4 Å². The summed E-state index contributed by atoms with van der Waals surface area (Å²) in [5.74, 6) is 0.689. The number of ether oxygens (including phenoxy) is 1. The van der Waals surface area contributed by atoms with Crippen molar-refractivity contribution in [2.45, 2.75) is 38.1 Å². The number of hydrogen-bond donors (Lipinski definition) is 1. The average Bonchev–Trinajstić information content (AvgIpc) is 3.27. The molecule has 116 valence electrons. The van der Waals surface area contributed by atoms with Crippen LogP contribution in [0.1, 0.15) is 38.1 Å². The van der Waals surface area contributed by atoms with Crippen LogP contribution in [0.3, 0.4) is 0 Å². The highest BCUT2D eigenvalue weighted by molar-refractivity contribution is 5.93. The van der Waals surface area contributed by atoms with Crippen molar-refractivity contribution in [2.24, 2.45) is 5.92 Å². The lowest BCUT2D eigenvalue weighted by atomic mass is 10.1. The molecule has 1 saturated carbocycles. The highest BCUT2D eigenvalue weighted by Gasteiger charge is 2.27. The highest BCUT2D eigenvalue weighted by atomic mass is 16.5. The van der Waals surface area contributed by atoms with Crippen LogP contribution in [0.5, 0.6) is 0 Å². The van der Waals surface area contributed by atoms with Gasteiger partial charge in [0.05, 0.1) is 23.6 Å². The Morgan fingerprint density at radius 2 is 2.05 bits per heavy atom. The molecule has 4 rings (SSSR count). The van der Waals surface area contributed by atoms with E-state index in [0.717, 1.165) is 30.3 Å². The van der Waals surface area contributed by atoms with Crippen LogP contribution in [-0.2, 0) is 9.53 Å². The maximum Gasteiger partial charge on any atom is 0.232 e. The van der Waals surface area contributed by atoms with E-state index in [-0.39, 0.29) is 11.8 Å². The quantitative estimate of drug-likeness (QED) is 0.947. The number of benzene rings is 1. The Labute approximate surface area is 129 Å². The van der Waals surface area contributed by atoms with Crippen LogP contribution in [0.25, 0.3) is 11.0 Å². The zero-order chi connectivity index (χ0) is 14.9. The highest BCUT2D eigenvalue weighted by Crippen LogP contribution is 2.35. The lowest BCUT2D eigenvalue weighted by Gasteiger charge is -2.17. The molecule has 2 aliphatic rings. The molecule has 22 heavy (non-hydrogen) atoms. The molecule has 0 spiro atoms. The lowest BCUT2D eigenvalue weighted by molar-refractivity contribution is -0.119. The standard InChI is InChI=1S/C17H21N3O2/c21-16(12-9-10-22-11-12)19-17-18-14-7-3-4-8-15(14)20(17)13-5-1-2-6-13/h3-4,7-8,12-13H,1-2,5-6,9-11H2,(H,18,19,21). The first kappa shape index (κ1) is 13.8. The molecule has 1 N–H and O–H groups in total. The zero-order valence-corrected chi connectivity index (χ0v) is 12.6. The molecule has 1 aromatic heterocycles. The van der Waals surface area contributed by atoms with Crippen molar-refractivity contribution in [1.29, 1.82) is 0 Å². The summed E-state index contributed by atoms with van der Waals surface area (Å²) in [6, 6.07) is 8.57. The minimum absolute atomic E-state index is 0.0343. The van der Waals surface area contributed by atoms with Crippen LogP contribution in [-0.4, -0.2) is 28.7 Å². The van der Waals surface area contributed by atoms with Gasteiger partial charge in [-0.1, -0.05) is 25.0 Å². The van der Waals surface area contributed by atoms with Gasteiger partial charge in [0, 0.05) is 12.6 Å². The lowest BCUT2D eigenvalue weighted by Crippen LogP contribution is -2.25. The Balaban J connectivity index is 1.69. The van der Waals surface area contributed by atoms with Gasteiger partial charge < -0.3 is 9.30 Å². The summed E-state index contributed by atoms with van der Waals surface area (Å²) in [5, 5.41) is 3.05. The molecule has 2 aromatic rings. The number of nitrogens with zero attached hydrogens (tertiary/aromatic N) is 2. The van der Waals surface area contributed by atoms with Gasteiger partial charge in [-0.2, -0.15) is 0 Å². The van der Waals surface area contributed by atoms with Gasteiger partial charge in [-0.15, -0.1) is 0 Å². The Morgan fingerprint density at radius 1 is 1.23 bits per heavy atom. The first-order chi connectivity index (χ1) is 10.8. The van der Waals surface area contributed by atoms with Crippen molar-refractivity contribution in [1.82, 2.24) is 9.55 Å². The molecule has 5 heteroatoms. The summed E-state index contributed by atoms with van der Waals surface area (Å²) in [7, 11) is 0. The Kier molecular flexibility index (Phi) is 3.58. The molecular weight excluding hydrogens is 278 g/mol. The molecule has 5 nitrogen and oxygen atoms in total. The molecule has 1 aliphatic carbocycles. The van der Waals surface area contributed by atoms with E-state index in [2.05, 4.69) is 20.9 Å². The van der Waals surface area contributed by atoms with Crippen LogP contribution in [0.4, 0.5) is 5.95 Å². The first-order valence-corrected chi connectivity index (χ1v) is 8.18. The fraction of sp³-hybridized carbons (Fsp3) is 0.529. The molecule has 1 aromatic carbocycles. The Morgan fingerprint density at radius 3 is 2.82 bits per heavy atom. The van der Waals surface area contributed by atoms with E-state index in [1.165, 1.54) is 12.8 Å². The van der Waals surface area contributed by atoms with Crippen LogP contribution in [0.2, 0.25) is 0 Å². The number of hydrogen-bond acceptors (Lipinski definition) is 3. The number of rotatable bonds is 3. The predicted octanol–water partition coefficient (Wildman–Crippen LogP) is 3.13. The molecule has 2 heterocycles. The summed E-state index contributed by atoms with van der Waals surface area (Å²) in [6.45, 7) is 1.20. The van der Waals surface area contributed by atoms with E-state index in [1.54, 1.807) is 0 Å². The molecular formula is C17H21N3O2. The SMILES string of the molecule is O=C(Nc1nc2ccccc2n1C1CCCC1)C1CCOC1. The third kappa shape index (κ3) is 2.39. The molecule has 1 saturated heterocycles. The second kappa shape index (κ2) is 5.72. The molecule has 0 bridgehead atoms. The van der Waals surface area contributed by atoms with E-state index in [4.69, 9.17) is 4.74 Å². The van der Waals surface area contributed by atoms with Crippen LogP contribution >= 0.6 is 0 Å². The molecule has 1 amide bonds. The van der Waals surface area contributed by atoms with Crippen molar-refractivity contribution in [3.63, 3.8) is 0 Å². The summed E-state index contributed by atoms with van der Waals surface area (Å²) in [5.41, 5.74) is 2.07. The largest absolute Gasteiger partial charge is 0.381 e. The van der Waals surface area contributed by atoms with Crippen molar-refractivity contribution >= 4 is 22.9 Å². The number of para-hydroxylation sites is 2. The minimum Gasteiger partial charge on any atom is -0.381 e. The van der Waals surface area contributed by atoms with Crippen molar-refractivity contribution in [3.05, 3.63) is 24.3 Å². The van der Waals surface area contributed by atoms with E-state index < -0.39 is 0 Å². The fourth-order valence-corrected chi connectivity index (χ4v) is 3.62. The van der Waals surface area contributed by atoms with Gasteiger partial charge in [0.2, 0.25) is 11.9 Å². The number of carbonyl (C=O) groups is 1. The zero-order valence-electron chi connectivity index (χ0n) is 12.6. The molecule has 0 radical (unpaired) electrons. The number of imidazole rings is 1. The number of nitrogens with one attached hydrogen (secondary N) is 1. The van der Waals surface area contributed by atoms with Gasteiger partial charge in [0.1, 0.15) is 0 Å². The summed E-state index contributed by atoms with van der Waals surface area (Å²) >= 11 is 0. The summed E-state index contributed by atoms with van der Waals surface area (Å²) in [6.07, 6.45) is 5.63. The maximum atomic E-state index is 12.4. The summed E-state index contributed by atoms with van der Waals surface area (Å²) in [4.78, 5) is 17.1. The molecule has 1 unspecified atom stereocenters. The number of amides is 1. The molecule has 2 fully saturated rings. The van der Waals surface area contributed by atoms with Gasteiger partial charge >= 0.3 is 0 Å². The maximum absolute atomic E-state index is 12.4. The smallest absolute Gasteiger partial charge is 0.232 e. The fourth-order valence-electron chi connectivity index (χ4n) is 3.62. The van der Waals surface area contributed by atoms with Crippen LogP contribution in [0.15, 0.2) is 24.3 Å². The minimum atomic E-state index is -0.0446. The van der Waals surface area contributed by atoms with Crippen LogP contribution < -0.4 is 5.32 Å². The van der Waals surface area contributed by atoms with Crippen LogP contribution in [0, 0.1) is 5.92 Å². The Bertz CT molecular complexity index is 682. The monoisotopic (exact) mass is 299 g/mol. The Hall–Kier alpha value is -1.88. The third-order valence-electron chi connectivity index (χ3n) is 4.82. The van der Waals surface area contributed by atoms with Gasteiger partial charge in [0.15, 0.2) is 0 Å². The van der Waals surface area contributed by atoms with E-state index in [9.17, 15) is 4.79 Å². The number of fused-ring (bicyclic) bond motifs is 1. The van der Waals surface area contributed by atoms with E-state index in [0.29, 0.717) is 25.2 Å². The predicted molar refractivity (Wildman–Crippen MR) is 84.8 cm³/mol. The number of aromatic nitrogens is 2. The van der Waals surface area contributed by atoms with E-state index >= 15 is 0 Å². The normalized spacial score (nSPS) is 22.5. The van der Waals surface area contributed by atoms with Crippen molar-refractivity contribution in [2.75, 3.05) is 18.5 Å². The van der Waals surface area contributed by atoms with Gasteiger partial charge in [0.25, 0.3) is 0 Å². The summed E-state index contributed by atoms with van der Waals surface area (Å²) < 4.78 is 7.55. The van der Waals surface area contributed by atoms with Gasteiger partial charge in [-0.3, -0.25) is 10.1 Å². The number of anilines is 1. The average molecular weight is 299 g/mol.